The largest absolute Gasteiger partial charge is 0.385 e. The van der Waals surface area contributed by atoms with E-state index in [1.54, 1.807) is 36.9 Å². The molecule has 2 heterocycles. The van der Waals surface area contributed by atoms with Gasteiger partial charge >= 0.3 is 0 Å². The van der Waals surface area contributed by atoms with Gasteiger partial charge in [-0.25, -0.2) is 0 Å². The van der Waals surface area contributed by atoms with Gasteiger partial charge in [-0.3, -0.25) is 9.59 Å². The molecule has 0 atom stereocenters. The van der Waals surface area contributed by atoms with Gasteiger partial charge in [0.05, 0.1) is 32.9 Å². The topological polar surface area (TPSA) is 75.3 Å². The second-order valence-corrected chi connectivity index (χ2v) is 10.0. The standard InChI is InChI=1S/C19H12Cl2N2O2.C9H19NO/c1-10-5-11(8-22)6-15-13(10)7-16(23(15)2)19(25)17-14(20)4-3-12(9-24)18(17)21;1-10-6-3-9(4-7-10)5-8-11-2/h3-7,9H,1-2H3;9H,3-8H2,1-2H3. The van der Waals surface area contributed by atoms with Crippen molar-refractivity contribution < 1.29 is 14.3 Å². The summed E-state index contributed by atoms with van der Waals surface area (Å²) in [4.78, 5) is 26.5. The molecule has 6 nitrogen and oxygen atoms in total. The Balaban J connectivity index is 0.000000275. The van der Waals surface area contributed by atoms with E-state index in [2.05, 4.69) is 18.0 Å². The number of hydrogen-bond acceptors (Lipinski definition) is 5. The molecule has 1 fully saturated rings. The van der Waals surface area contributed by atoms with Crippen LogP contribution in [0.3, 0.4) is 0 Å². The molecule has 1 saturated heterocycles. The smallest absolute Gasteiger partial charge is 0.212 e. The number of carbonyl (C=O) groups is 2. The minimum absolute atomic E-state index is 0.0344. The summed E-state index contributed by atoms with van der Waals surface area (Å²) >= 11 is 12.4. The molecule has 0 spiro atoms. The number of halogens is 2. The Morgan fingerprint density at radius 2 is 1.89 bits per heavy atom. The number of aromatic nitrogens is 1. The fourth-order valence-electron chi connectivity index (χ4n) is 4.52. The van der Waals surface area contributed by atoms with Gasteiger partial charge in [0.25, 0.3) is 0 Å². The van der Waals surface area contributed by atoms with Gasteiger partial charge in [0, 0.05) is 37.2 Å². The zero-order chi connectivity index (χ0) is 26.4. The molecule has 1 aliphatic rings. The van der Waals surface area contributed by atoms with Crippen molar-refractivity contribution in [1.82, 2.24) is 9.47 Å². The van der Waals surface area contributed by atoms with Crippen LogP contribution in [0.25, 0.3) is 10.9 Å². The molecule has 1 aromatic heterocycles. The molecule has 0 radical (unpaired) electrons. The summed E-state index contributed by atoms with van der Waals surface area (Å²) in [6, 6.07) is 10.3. The molecule has 0 saturated carbocycles. The monoisotopic (exact) mass is 527 g/mol. The molecule has 4 rings (SSSR count). The number of hydrogen-bond donors (Lipinski definition) is 0. The first kappa shape index (κ1) is 27.9. The molecule has 0 bridgehead atoms. The third-order valence-electron chi connectivity index (χ3n) is 6.77. The normalized spacial score (nSPS) is 14.2. The zero-order valence-corrected chi connectivity index (χ0v) is 22.6. The Kier molecular flexibility index (Phi) is 9.69. The second kappa shape index (κ2) is 12.5. The van der Waals surface area contributed by atoms with Gasteiger partial charge in [-0.1, -0.05) is 23.2 Å². The van der Waals surface area contributed by atoms with Crippen LogP contribution in [-0.4, -0.2) is 55.4 Å². The first-order chi connectivity index (χ1) is 17.2. The molecule has 0 amide bonds. The van der Waals surface area contributed by atoms with Crippen LogP contribution in [0.2, 0.25) is 10.0 Å². The average molecular weight is 528 g/mol. The number of nitrogens with zero attached hydrogens (tertiary/aromatic N) is 3. The Labute approximate surface area is 222 Å². The van der Waals surface area contributed by atoms with Crippen molar-refractivity contribution in [2.45, 2.75) is 26.2 Å². The maximum absolute atomic E-state index is 13.0. The minimum Gasteiger partial charge on any atom is -0.385 e. The Morgan fingerprint density at radius 3 is 2.50 bits per heavy atom. The Bertz CT molecular complexity index is 1300. The number of piperidine rings is 1. The first-order valence-electron chi connectivity index (χ1n) is 11.9. The molecule has 2 aromatic carbocycles. The molecule has 0 N–H and O–H groups in total. The lowest BCUT2D eigenvalue weighted by Crippen LogP contribution is -2.30. The SMILES string of the molecule is COCCC1CCN(C)CC1.Cc1cc(C#N)cc2c1cc(C(=O)c1c(Cl)ccc(C=O)c1Cl)n2C. The lowest BCUT2D eigenvalue weighted by molar-refractivity contribution is 0.103. The van der Waals surface area contributed by atoms with Crippen LogP contribution in [0.1, 0.15) is 56.8 Å². The summed E-state index contributed by atoms with van der Waals surface area (Å²) in [6.07, 6.45) is 4.56. The summed E-state index contributed by atoms with van der Waals surface area (Å²) in [5.74, 6) is 0.543. The minimum atomic E-state index is -0.379. The van der Waals surface area contributed by atoms with Crippen LogP contribution < -0.4 is 0 Å². The molecular weight excluding hydrogens is 497 g/mol. The van der Waals surface area contributed by atoms with Gasteiger partial charge in [0.2, 0.25) is 5.78 Å². The molecule has 36 heavy (non-hydrogen) atoms. The maximum Gasteiger partial charge on any atom is 0.212 e. The van der Waals surface area contributed by atoms with Crippen LogP contribution in [0, 0.1) is 24.2 Å². The molecule has 0 unspecified atom stereocenters. The zero-order valence-electron chi connectivity index (χ0n) is 21.1. The highest BCUT2D eigenvalue weighted by Crippen LogP contribution is 2.32. The first-order valence-corrected chi connectivity index (χ1v) is 12.6. The number of likely N-dealkylation sites (tertiary alicyclic amines) is 1. The van der Waals surface area contributed by atoms with Gasteiger partial charge in [0.1, 0.15) is 0 Å². The van der Waals surface area contributed by atoms with Crippen LogP contribution in [0.5, 0.6) is 0 Å². The lowest BCUT2D eigenvalue weighted by atomic mass is 9.94. The maximum atomic E-state index is 13.0. The van der Waals surface area contributed by atoms with E-state index in [-0.39, 0.29) is 27.0 Å². The summed E-state index contributed by atoms with van der Waals surface area (Å²) in [5.41, 5.74) is 2.85. The second-order valence-electron chi connectivity index (χ2n) is 9.23. The third-order valence-corrected chi connectivity index (χ3v) is 7.50. The van der Waals surface area contributed by atoms with Crippen molar-refractivity contribution in [3.63, 3.8) is 0 Å². The van der Waals surface area contributed by atoms with Crippen molar-refractivity contribution >= 4 is 46.2 Å². The molecular formula is C28H31Cl2N3O3. The van der Waals surface area contributed by atoms with E-state index in [4.69, 9.17) is 33.2 Å². The van der Waals surface area contributed by atoms with Crippen LogP contribution in [0.15, 0.2) is 30.3 Å². The summed E-state index contributed by atoms with van der Waals surface area (Å²) in [5, 5.41) is 10.2. The Morgan fingerprint density at radius 1 is 1.19 bits per heavy atom. The number of ether oxygens (including phenoxy) is 1. The van der Waals surface area contributed by atoms with Crippen LogP contribution >= 0.6 is 23.2 Å². The van der Waals surface area contributed by atoms with E-state index in [0.29, 0.717) is 17.5 Å². The van der Waals surface area contributed by atoms with Gasteiger partial charge in [-0.2, -0.15) is 5.26 Å². The molecule has 0 aliphatic carbocycles. The number of carbonyl (C=O) groups excluding carboxylic acids is 2. The van der Waals surface area contributed by atoms with Gasteiger partial charge < -0.3 is 14.2 Å². The van der Waals surface area contributed by atoms with Crippen molar-refractivity contribution in [2.24, 2.45) is 13.0 Å². The fourth-order valence-corrected chi connectivity index (χ4v) is 5.11. The van der Waals surface area contributed by atoms with E-state index in [1.165, 1.54) is 44.5 Å². The molecule has 8 heteroatoms. The van der Waals surface area contributed by atoms with Gasteiger partial charge in [-0.15, -0.1) is 0 Å². The van der Waals surface area contributed by atoms with E-state index >= 15 is 0 Å². The number of aryl methyl sites for hydroxylation is 2. The van der Waals surface area contributed by atoms with Crippen molar-refractivity contribution in [1.29, 1.82) is 5.26 Å². The number of methoxy groups -OCH3 is 1. The molecule has 190 valence electrons. The summed E-state index contributed by atoms with van der Waals surface area (Å²) in [7, 11) is 5.73. The van der Waals surface area contributed by atoms with Crippen molar-refractivity contribution in [2.75, 3.05) is 33.9 Å². The number of nitriles is 1. The van der Waals surface area contributed by atoms with Gasteiger partial charge in [-0.05, 0) is 88.1 Å². The fraction of sp³-hybridized carbons (Fsp3) is 0.393. The average Bonchev–Trinajstić information content (AvgIpc) is 3.21. The highest BCUT2D eigenvalue weighted by molar-refractivity contribution is 6.42. The van der Waals surface area contributed by atoms with E-state index < -0.39 is 0 Å². The number of ketones is 1. The van der Waals surface area contributed by atoms with Crippen molar-refractivity contribution in [3.8, 4) is 6.07 Å². The van der Waals surface area contributed by atoms with E-state index in [9.17, 15) is 9.59 Å². The van der Waals surface area contributed by atoms with Crippen LogP contribution in [0.4, 0.5) is 0 Å². The van der Waals surface area contributed by atoms with Crippen molar-refractivity contribution in [3.05, 3.63) is 68.3 Å². The molecule has 3 aromatic rings. The van der Waals surface area contributed by atoms with Crippen LogP contribution in [-0.2, 0) is 11.8 Å². The number of aldehydes is 1. The number of rotatable bonds is 6. The van der Waals surface area contributed by atoms with E-state index in [0.717, 1.165) is 29.0 Å². The Hall–Kier alpha value is -2.69. The van der Waals surface area contributed by atoms with E-state index in [1.807, 2.05) is 6.92 Å². The van der Waals surface area contributed by atoms with Gasteiger partial charge in [0.15, 0.2) is 6.29 Å². The summed E-state index contributed by atoms with van der Waals surface area (Å²) < 4.78 is 6.76. The number of fused-ring (bicyclic) bond motifs is 1. The molecule has 1 aliphatic heterocycles. The lowest BCUT2D eigenvalue weighted by Gasteiger charge is -2.28. The predicted molar refractivity (Wildman–Crippen MR) is 144 cm³/mol. The summed E-state index contributed by atoms with van der Waals surface area (Å²) in [6.45, 7) is 5.36. The number of benzene rings is 2. The quantitative estimate of drug-likeness (QED) is 0.287. The highest BCUT2D eigenvalue weighted by atomic mass is 35.5. The highest BCUT2D eigenvalue weighted by Gasteiger charge is 2.23. The third kappa shape index (κ3) is 6.16. The predicted octanol–water partition coefficient (Wildman–Crippen LogP) is 6.07.